The zero-order valence-corrected chi connectivity index (χ0v) is 31.0. The van der Waals surface area contributed by atoms with Crippen LogP contribution in [0.3, 0.4) is 0 Å². The van der Waals surface area contributed by atoms with Gasteiger partial charge in [-0.1, -0.05) is 32.2 Å². The second kappa shape index (κ2) is 20.2. The van der Waals surface area contributed by atoms with E-state index >= 15 is 0 Å². The average molecular weight is 741 g/mol. The largest absolute Gasteiger partial charge is 0.459 e. The third-order valence-electron chi connectivity index (χ3n) is 7.69. The number of amides is 4. The fourth-order valence-electron chi connectivity index (χ4n) is 4.00. The van der Waals surface area contributed by atoms with Gasteiger partial charge in [-0.2, -0.15) is 0 Å². The summed E-state index contributed by atoms with van der Waals surface area (Å²) in [4.78, 5) is 72.7. The quantitative estimate of drug-likeness (QED) is 0.0579. The van der Waals surface area contributed by atoms with Crippen molar-refractivity contribution in [2.75, 3.05) is 54.3 Å². The molecule has 2 rings (SSSR count). The van der Waals surface area contributed by atoms with Gasteiger partial charge in [-0.15, -0.1) is 0 Å². The summed E-state index contributed by atoms with van der Waals surface area (Å²) >= 11 is 0. The second-order valence-corrected chi connectivity index (χ2v) is 12.6. The van der Waals surface area contributed by atoms with E-state index < -0.39 is 47.3 Å². The van der Waals surface area contributed by atoms with Crippen LogP contribution >= 0.6 is 0 Å². The van der Waals surface area contributed by atoms with E-state index in [1.165, 1.54) is 6.07 Å². The molecule has 0 aliphatic heterocycles. The molecular formula is C37H48N4O12. The van der Waals surface area contributed by atoms with Crippen LogP contribution in [0, 0.1) is 19.8 Å². The Morgan fingerprint density at radius 2 is 1.09 bits per heavy atom. The lowest BCUT2D eigenvalue weighted by atomic mass is 9.93. The Bertz CT molecular complexity index is 1670. The Morgan fingerprint density at radius 3 is 1.55 bits per heavy atom. The van der Waals surface area contributed by atoms with Gasteiger partial charge in [0.2, 0.25) is 0 Å². The van der Waals surface area contributed by atoms with E-state index in [1.54, 1.807) is 71.9 Å². The van der Waals surface area contributed by atoms with Crippen molar-refractivity contribution in [2.24, 2.45) is 5.92 Å². The van der Waals surface area contributed by atoms with Crippen LogP contribution < -0.4 is 21.3 Å². The molecule has 0 bridgehead atoms. The van der Waals surface area contributed by atoms with Crippen molar-refractivity contribution in [1.29, 1.82) is 0 Å². The summed E-state index contributed by atoms with van der Waals surface area (Å²) in [6.45, 7) is 18.0. The summed E-state index contributed by atoms with van der Waals surface area (Å²) in [5.74, 6) is -2.11. The van der Waals surface area contributed by atoms with Crippen LogP contribution in [0.15, 0.2) is 61.7 Å². The Balaban J connectivity index is 1.91. The minimum absolute atomic E-state index is 0.0442. The van der Waals surface area contributed by atoms with Crippen molar-refractivity contribution in [3.63, 3.8) is 0 Å². The van der Waals surface area contributed by atoms with Crippen molar-refractivity contribution in [3.05, 3.63) is 72.8 Å². The van der Waals surface area contributed by atoms with Crippen molar-refractivity contribution < 1.29 is 57.2 Å². The van der Waals surface area contributed by atoms with Crippen LogP contribution in [0.25, 0.3) is 0 Å². The van der Waals surface area contributed by atoms with E-state index in [4.69, 9.17) is 28.4 Å². The van der Waals surface area contributed by atoms with Crippen molar-refractivity contribution in [3.8, 4) is 0 Å². The predicted molar refractivity (Wildman–Crippen MR) is 197 cm³/mol. The van der Waals surface area contributed by atoms with Gasteiger partial charge in [0.1, 0.15) is 37.6 Å². The summed E-state index contributed by atoms with van der Waals surface area (Å²) in [6, 6.07) is 9.73. The zero-order valence-electron chi connectivity index (χ0n) is 31.0. The molecule has 0 aromatic heterocycles. The number of benzene rings is 2. The molecule has 4 amide bonds. The van der Waals surface area contributed by atoms with E-state index in [2.05, 4.69) is 34.4 Å². The van der Waals surface area contributed by atoms with Crippen molar-refractivity contribution >= 4 is 58.9 Å². The van der Waals surface area contributed by atoms with Gasteiger partial charge in [0, 0.05) is 40.8 Å². The summed E-state index contributed by atoms with van der Waals surface area (Å²) in [5, 5.41) is 10.6. The molecule has 1 atom stereocenters. The lowest BCUT2D eigenvalue weighted by molar-refractivity contribution is -0.142. The maximum Gasteiger partial charge on any atom is 0.412 e. The van der Waals surface area contributed by atoms with Crippen molar-refractivity contribution in [1.82, 2.24) is 0 Å². The van der Waals surface area contributed by atoms with Crippen LogP contribution in [-0.4, -0.2) is 80.4 Å². The molecule has 0 fully saturated rings. The van der Waals surface area contributed by atoms with Crippen LogP contribution in [0.4, 0.5) is 37.1 Å². The average Bonchev–Trinajstić information content (AvgIpc) is 3.09. The zero-order chi connectivity index (χ0) is 39.8. The van der Waals surface area contributed by atoms with Gasteiger partial charge < -0.3 is 33.7 Å². The lowest BCUT2D eigenvalue weighted by Crippen LogP contribution is -2.44. The summed E-state index contributed by atoms with van der Waals surface area (Å²) in [7, 11) is 0. The first-order chi connectivity index (χ1) is 24.9. The van der Waals surface area contributed by atoms with Gasteiger partial charge >= 0.3 is 30.2 Å². The standard InChI is InChI=1S/C37H48N4O12/c1-10-30(42)48-16-18-50-33(45)38-26-14-12-23(3)28(20-26)40-32(44)37(8,9)52-22-25(5)36(6,7)53-35(47)41-29-21-27(15-13-24(29)4)39-34(46)51-19-17-49-31(43)11-2/h10-15,20-21,25H,1-2,16-19,22H2,3-9H3,(H,38,45)(H,39,46)(H,40,44)(H,41,47). The molecule has 0 aliphatic rings. The number of anilines is 4. The van der Waals surface area contributed by atoms with Gasteiger partial charge in [0.15, 0.2) is 0 Å². The molecule has 288 valence electrons. The Hall–Kier alpha value is -5.90. The van der Waals surface area contributed by atoms with Gasteiger partial charge in [0.25, 0.3) is 5.91 Å². The normalized spacial score (nSPS) is 11.5. The molecule has 0 heterocycles. The monoisotopic (exact) mass is 740 g/mol. The minimum Gasteiger partial charge on any atom is -0.459 e. The highest BCUT2D eigenvalue weighted by Crippen LogP contribution is 2.27. The summed E-state index contributed by atoms with van der Waals surface area (Å²) in [6.07, 6.45) is -0.327. The highest BCUT2D eigenvalue weighted by atomic mass is 16.6. The fraction of sp³-hybridized carbons (Fsp3) is 0.405. The molecule has 0 radical (unpaired) electrons. The smallest absolute Gasteiger partial charge is 0.412 e. The number of hydrogen-bond acceptors (Lipinski definition) is 12. The van der Waals surface area contributed by atoms with Gasteiger partial charge in [0.05, 0.1) is 6.61 Å². The molecule has 0 aliphatic carbocycles. The number of nitrogens with one attached hydrogen (secondary N) is 4. The predicted octanol–water partition coefficient (Wildman–Crippen LogP) is 6.26. The molecule has 0 saturated carbocycles. The molecule has 16 heteroatoms. The molecule has 0 saturated heterocycles. The van der Waals surface area contributed by atoms with Gasteiger partial charge in [-0.3, -0.25) is 20.7 Å². The molecule has 1 unspecified atom stereocenters. The third kappa shape index (κ3) is 15.1. The highest BCUT2D eigenvalue weighted by Gasteiger charge is 2.35. The number of carbonyl (C=O) groups is 6. The first-order valence-corrected chi connectivity index (χ1v) is 16.5. The molecule has 4 N–H and O–H groups in total. The number of ether oxygens (including phenoxy) is 6. The topological polar surface area (TPSA) is 206 Å². The Kier molecular flexibility index (Phi) is 16.5. The van der Waals surface area contributed by atoms with E-state index in [1.807, 2.05) is 6.92 Å². The minimum atomic E-state index is -1.31. The van der Waals surface area contributed by atoms with Crippen molar-refractivity contribution in [2.45, 2.75) is 59.7 Å². The molecular weight excluding hydrogens is 692 g/mol. The summed E-state index contributed by atoms with van der Waals surface area (Å²) < 4.78 is 31.2. The van der Waals surface area contributed by atoms with E-state index in [-0.39, 0.29) is 39.0 Å². The summed E-state index contributed by atoms with van der Waals surface area (Å²) in [5.41, 5.74) is 0.549. The lowest BCUT2D eigenvalue weighted by Gasteiger charge is -2.34. The number of carbonyl (C=O) groups excluding carboxylic acids is 6. The van der Waals surface area contributed by atoms with Gasteiger partial charge in [-0.05, 0) is 76.9 Å². The number of rotatable bonds is 18. The number of aryl methyl sites for hydroxylation is 2. The SMILES string of the molecule is C=CC(=O)OCCOC(=O)Nc1ccc(C)c(NC(=O)OC(C)(C)C(C)COC(C)(C)C(=O)Nc2cc(NC(=O)OCCOC(=O)C=C)ccc2C)c1. The van der Waals surface area contributed by atoms with Crippen LogP contribution in [-0.2, 0) is 42.8 Å². The van der Waals surface area contributed by atoms with Crippen LogP contribution in [0.5, 0.6) is 0 Å². The highest BCUT2D eigenvalue weighted by molar-refractivity contribution is 5.98. The molecule has 0 spiro atoms. The third-order valence-corrected chi connectivity index (χ3v) is 7.69. The van der Waals surface area contributed by atoms with Gasteiger partial charge in [-0.25, -0.2) is 24.0 Å². The fourth-order valence-corrected chi connectivity index (χ4v) is 4.00. The van der Waals surface area contributed by atoms with Crippen LogP contribution in [0.2, 0.25) is 0 Å². The first kappa shape index (κ1) is 43.3. The van der Waals surface area contributed by atoms with E-state index in [0.717, 1.165) is 17.7 Å². The van der Waals surface area contributed by atoms with E-state index in [9.17, 15) is 28.8 Å². The molecule has 16 nitrogen and oxygen atoms in total. The number of esters is 2. The first-order valence-electron chi connectivity index (χ1n) is 16.5. The molecule has 2 aromatic rings. The Morgan fingerprint density at radius 1 is 0.660 bits per heavy atom. The molecule has 53 heavy (non-hydrogen) atoms. The van der Waals surface area contributed by atoms with E-state index in [0.29, 0.717) is 28.3 Å². The second-order valence-electron chi connectivity index (χ2n) is 12.6. The number of hydrogen-bond donors (Lipinski definition) is 4. The maximum atomic E-state index is 13.3. The van der Waals surface area contributed by atoms with Crippen LogP contribution in [0.1, 0.15) is 45.7 Å². The maximum absolute atomic E-state index is 13.3. The Labute approximate surface area is 308 Å². The molecule has 2 aromatic carbocycles.